The van der Waals surface area contributed by atoms with Gasteiger partial charge in [-0.05, 0) is 13.3 Å². The summed E-state index contributed by atoms with van der Waals surface area (Å²) in [5.74, 6) is -2.34. The fourth-order valence-electron chi connectivity index (χ4n) is 0.922. The van der Waals surface area contributed by atoms with Crippen molar-refractivity contribution in [3.8, 4) is 12.1 Å². The van der Waals surface area contributed by atoms with E-state index < -0.39 is 24.4 Å². The Bertz CT molecular complexity index is 233. The Morgan fingerprint density at radius 2 is 1.85 bits per heavy atom. The van der Waals surface area contributed by atoms with Gasteiger partial charge in [0.2, 0.25) is 0 Å². The van der Waals surface area contributed by atoms with Crippen molar-refractivity contribution in [2.24, 2.45) is 11.8 Å². The summed E-state index contributed by atoms with van der Waals surface area (Å²) in [6.45, 7) is 1.41. The van der Waals surface area contributed by atoms with E-state index in [1.807, 2.05) is 0 Å². The van der Waals surface area contributed by atoms with Gasteiger partial charge in [-0.3, -0.25) is 0 Å². The Labute approximate surface area is 74.6 Å². The van der Waals surface area contributed by atoms with E-state index in [0.29, 0.717) is 0 Å². The first-order valence-electron chi connectivity index (χ1n) is 3.75. The molecule has 2 unspecified atom stereocenters. The molecule has 0 fully saturated rings. The van der Waals surface area contributed by atoms with Crippen molar-refractivity contribution < 1.29 is 13.2 Å². The van der Waals surface area contributed by atoms with Gasteiger partial charge in [0.1, 0.15) is 0 Å². The second kappa shape index (κ2) is 4.71. The van der Waals surface area contributed by atoms with E-state index in [2.05, 4.69) is 0 Å². The zero-order chi connectivity index (χ0) is 10.5. The maximum atomic E-state index is 12.1. The van der Waals surface area contributed by atoms with Crippen LogP contribution in [0.5, 0.6) is 0 Å². The van der Waals surface area contributed by atoms with E-state index in [4.69, 9.17) is 10.5 Å². The third kappa shape index (κ3) is 4.37. The average Bonchev–Trinajstić information content (AvgIpc) is 2.01. The highest BCUT2D eigenvalue weighted by Gasteiger charge is 2.39. The van der Waals surface area contributed by atoms with Gasteiger partial charge in [-0.15, -0.1) is 0 Å². The topological polar surface area (TPSA) is 47.6 Å². The van der Waals surface area contributed by atoms with Crippen LogP contribution >= 0.6 is 0 Å². The highest BCUT2D eigenvalue weighted by atomic mass is 19.4. The summed E-state index contributed by atoms with van der Waals surface area (Å²) in [5.41, 5.74) is 0. The Balaban J connectivity index is 4.30. The minimum Gasteiger partial charge on any atom is -0.198 e. The molecule has 0 saturated carbocycles. The van der Waals surface area contributed by atoms with Crippen LogP contribution in [0.15, 0.2) is 0 Å². The lowest BCUT2D eigenvalue weighted by Crippen LogP contribution is -2.24. The Hall–Kier alpha value is -1.23. The van der Waals surface area contributed by atoms with Crippen LogP contribution in [-0.2, 0) is 0 Å². The molecular formula is C8H9F3N2. The zero-order valence-electron chi connectivity index (χ0n) is 7.10. The summed E-state index contributed by atoms with van der Waals surface area (Å²) < 4.78 is 36.4. The highest BCUT2D eigenvalue weighted by molar-refractivity contribution is 4.87. The number of nitriles is 2. The number of alkyl halides is 3. The molecule has 2 atom stereocenters. The van der Waals surface area contributed by atoms with Crippen molar-refractivity contribution in [2.75, 3.05) is 0 Å². The molecule has 0 aromatic rings. The van der Waals surface area contributed by atoms with Crippen LogP contribution in [-0.4, -0.2) is 6.18 Å². The van der Waals surface area contributed by atoms with E-state index in [-0.39, 0.29) is 6.42 Å². The molecule has 0 saturated heterocycles. The van der Waals surface area contributed by atoms with Gasteiger partial charge in [0.25, 0.3) is 0 Å². The first-order valence-corrected chi connectivity index (χ1v) is 3.75. The van der Waals surface area contributed by atoms with Gasteiger partial charge in [0, 0.05) is 12.3 Å². The molecule has 0 aliphatic carbocycles. The third-order valence-electron chi connectivity index (χ3n) is 1.66. The lowest BCUT2D eigenvalue weighted by molar-refractivity contribution is -0.176. The smallest absolute Gasteiger partial charge is 0.198 e. The van der Waals surface area contributed by atoms with Crippen LogP contribution in [0, 0.1) is 34.5 Å². The molecule has 0 spiro atoms. The zero-order valence-corrected chi connectivity index (χ0v) is 7.10. The van der Waals surface area contributed by atoms with Gasteiger partial charge in [-0.25, -0.2) is 0 Å². The molecule has 0 aromatic carbocycles. The molecule has 2 nitrogen and oxygen atoms in total. The quantitative estimate of drug-likeness (QED) is 0.686. The van der Waals surface area contributed by atoms with E-state index >= 15 is 0 Å². The Morgan fingerprint density at radius 1 is 1.31 bits per heavy atom. The van der Waals surface area contributed by atoms with Crippen LogP contribution in [0.1, 0.15) is 19.8 Å². The van der Waals surface area contributed by atoms with Gasteiger partial charge in [-0.2, -0.15) is 23.7 Å². The SMILES string of the molecule is CC(C#N)CC(CC#N)C(F)(F)F. The number of hydrogen-bond acceptors (Lipinski definition) is 2. The van der Waals surface area contributed by atoms with Crippen molar-refractivity contribution in [2.45, 2.75) is 25.9 Å². The van der Waals surface area contributed by atoms with Gasteiger partial charge in [0.15, 0.2) is 0 Å². The molecular weight excluding hydrogens is 181 g/mol. The van der Waals surface area contributed by atoms with E-state index in [0.717, 1.165) is 0 Å². The fourth-order valence-corrected chi connectivity index (χ4v) is 0.922. The van der Waals surface area contributed by atoms with E-state index in [1.165, 1.54) is 13.0 Å². The van der Waals surface area contributed by atoms with E-state index in [1.54, 1.807) is 6.07 Å². The van der Waals surface area contributed by atoms with Crippen molar-refractivity contribution in [3.63, 3.8) is 0 Å². The van der Waals surface area contributed by atoms with Crippen LogP contribution in [0.25, 0.3) is 0 Å². The summed E-state index contributed by atoms with van der Waals surface area (Å²) in [6, 6.07) is 3.19. The monoisotopic (exact) mass is 190 g/mol. The number of halogens is 3. The van der Waals surface area contributed by atoms with Crippen molar-refractivity contribution in [1.29, 1.82) is 10.5 Å². The lowest BCUT2D eigenvalue weighted by Gasteiger charge is -2.17. The van der Waals surface area contributed by atoms with Crippen LogP contribution in [0.3, 0.4) is 0 Å². The summed E-state index contributed by atoms with van der Waals surface area (Å²) in [6.07, 6.45) is -5.25. The largest absolute Gasteiger partial charge is 0.392 e. The summed E-state index contributed by atoms with van der Waals surface area (Å²) >= 11 is 0. The Kier molecular flexibility index (Phi) is 4.27. The summed E-state index contributed by atoms with van der Waals surface area (Å²) in [5, 5.41) is 16.5. The second-order valence-electron chi connectivity index (χ2n) is 2.87. The molecule has 13 heavy (non-hydrogen) atoms. The fraction of sp³-hybridized carbons (Fsp3) is 0.750. The normalized spacial score (nSPS) is 15.5. The Morgan fingerprint density at radius 3 is 2.15 bits per heavy atom. The molecule has 0 rings (SSSR count). The number of hydrogen-bond donors (Lipinski definition) is 0. The van der Waals surface area contributed by atoms with Crippen LogP contribution in [0.4, 0.5) is 13.2 Å². The first-order chi connectivity index (χ1) is 5.91. The maximum absolute atomic E-state index is 12.1. The molecule has 5 heteroatoms. The minimum absolute atomic E-state index is 0.298. The predicted molar refractivity (Wildman–Crippen MR) is 39.2 cm³/mol. The van der Waals surface area contributed by atoms with Gasteiger partial charge < -0.3 is 0 Å². The van der Waals surface area contributed by atoms with Crippen LogP contribution in [0.2, 0.25) is 0 Å². The standard InChI is InChI=1S/C8H9F3N2/c1-6(5-13)4-7(2-3-12)8(9,10)11/h6-7H,2,4H2,1H3. The molecule has 0 bridgehead atoms. The first kappa shape index (κ1) is 11.8. The van der Waals surface area contributed by atoms with Gasteiger partial charge in [-0.1, -0.05) is 0 Å². The molecule has 0 aliphatic rings. The molecule has 0 aromatic heterocycles. The molecule has 0 amide bonds. The second-order valence-corrected chi connectivity index (χ2v) is 2.87. The van der Waals surface area contributed by atoms with Gasteiger partial charge >= 0.3 is 6.18 Å². The van der Waals surface area contributed by atoms with Crippen molar-refractivity contribution in [1.82, 2.24) is 0 Å². The molecule has 0 radical (unpaired) electrons. The third-order valence-corrected chi connectivity index (χ3v) is 1.66. The number of rotatable bonds is 3. The minimum atomic E-state index is -4.37. The predicted octanol–water partition coefficient (Wildman–Crippen LogP) is 2.63. The highest BCUT2D eigenvalue weighted by Crippen LogP contribution is 2.33. The lowest BCUT2D eigenvalue weighted by atomic mass is 9.94. The van der Waals surface area contributed by atoms with Crippen molar-refractivity contribution >= 4 is 0 Å². The summed E-state index contributed by atoms with van der Waals surface area (Å²) in [7, 11) is 0. The average molecular weight is 190 g/mol. The molecule has 0 heterocycles. The molecule has 0 aliphatic heterocycles. The summed E-state index contributed by atoms with van der Waals surface area (Å²) in [4.78, 5) is 0. The number of nitrogens with zero attached hydrogens (tertiary/aromatic N) is 2. The molecule has 72 valence electrons. The van der Waals surface area contributed by atoms with Crippen molar-refractivity contribution in [3.05, 3.63) is 0 Å². The maximum Gasteiger partial charge on any atom is 0.392 e. The van der Waals surface area contributed by atoms with E-state index in [9.17, 15) is 13.2 Å². The van der Waals surface area contributed by atoms with Crippen LogP contribution < -0.4 is 0 Å². The van der Waals surface area contributed by atoms with Gasteiger partial charge in [0.05, 0.1) is 18.1 Å². The molecule has 0 N–H and O–H groups in total.